The Morgan fingerprint density at radius 1 is 1.15 bits per heavy atom. The van der Waals surface area contributed by atoms with Gasteiger partial charge in [0.1, 0.15) is 5.75 Å². The molecule has 2 saturated heterocycles. The zero-order chi connectivity index (χ0) is 16.4. The van der Waals surface area contributed by atoms with Crippen molar-refractivity contribution in [2.75, 3.05) is 26.7 Å². The first-order valence-corrected chi connectivity index (χ1v) is 8.90. The second-order valence-electron chi connectivity index (χ2n) is 6.78. The number of nitrogens with zero attached hydrogens (tertiary/aromatic N) is 2. The van der Waals surface area contributed by atoms with Crippen LogP contribution in [0.1, 0.15) is 18.4 Å². The fourth-order valence-electron chi connectivity index (χ4n) is 4.21. The number of piperazine rings is 1. The van der Waals surface area contributed by atoms with E-state index in [1.807, 2.05) is 18.5 Å². The van der Waals surface area contributed by atoms with Gasteiger partial charge in [0.05, 0.1) is 7.11 Å². The number of halogens is 3. The largest absolute Gasteiger partial charge is 0.496 e. The van der Waals surface area contributed by atoms with Crippen molar-refractivity contribution in [3.05, 3.63) is 48.3 Å². The highest BCUT2D eigenvalue weighted by molar-refractivity contribution is 5.86. The maximum Gasteiger partial charge on any atom is 0.122 e. The van der Waals surface area contributed by atoms with Crippen molar-refractivity contribution in [1.82, 2.24) is 15.2 Å². The van der Waals surface area contributed by atoms with Crippen molar-refractivity contribution in [3.8, 4) is 16.9 Å². The minimum Gasteiger partial charge on any atom is -0.496 e. The van der Waals surface area contributed by atoms with Crippen molar-refractivity contribution in [1.29, 1.82) is 0 Å². The molecule has 0 spiro atoms. The highest BCUT2D eigenvalue weighted by Gasteiger charge is 2.34. The van der Waals surface area contributed by atoms with Crippen molar-refractivity contribution < 1.29 is 4.74 Å². The van der Waals surface area contributed by atoms with E-state index in [1.54, 1.807) is 7.11 Å². The SMILES string of the molecule is COc1ccc(-c2cccnc2)cc1CC1NCCN2CCCC12.Cl.Cl.Cl. The van der Waals surface area contributed by atoms with Gasteiger partial charge in [0.25, 0.3) is 0 Å². The number of methoxy groups -OCH3 is 1. The molecule has 2 aliphatic heterocycles. The number of fused-ring (bicyclic) bond motifs is 1. The average molecular weight is 433 g/mol. The third-order valence-corrected chi connectivity index (χ3v) is 5.40. The van der Waals surface area contributed by atoms with Crippen LogP contribution < -0.4 is 10.1 Å². The number of nitrogens with one attached hydrogen (secondary N) is 1. The Kier molecular flexibility index (Phi) is 9.85. The molecular formula is C20H28Cl3N3O. The molecule has 2 unspecified atom stereocenters. The number of benzene rings is 1. The van der Waals surface area contributed by atoms with E-state index in [-0.39, 0.29) is 37.2 Å². The molecule has 1 aromatic heterocycles. The molecule has 0 radical (unpaired) electrons. The van der Waals surface area contributed by atoms with Crippen LogP contribution in [0, 0.1) is 0 Å². The summed E-state index contributed by atoms with van der Waals surface area (Å²) in [5, 5.41) is 3.74. The summed E-state index contributed by atoms with van der Waals surface area (Å²) in [5.41, 5.74) is 3.64. The highest BCUT2D eigenvalue weighted by atomic mass is 35.5. The molecular weight excluding hydrogens is 405 g/mol. The van der Waals surface area contributed by atoms with Crippen LogP contribution >= 0.6 is 37.2 Å². The number of aromatic nitrogens is 1. The Balaban J connectivity index is 0.00000121. The smallest absolute Gasteiger partial charge is 0.122 e. The topological polar surface area (TPSA) is 37.4 Å². The summed E-state index contributed by atoms with van der Waals surface area (Å²) >= 11 is 0. The molecule has 150 valence electrons. The monoisotopic (exact) mass is 431 g/mol. The summed E-state index contributed by atoms with van der Waals surface area (Å²) in [7, 11) is 1.76. The lowest BCUT2D eigenvalue weighted by molar-refractivity contribution is 0.162. The molecule has 0 bridgehead atoms. The predicted octanol–water partition coefficient (Wildman–Crippen LogP) is 4.00. The Labute approximate surface area is 180 Å². The molecule has 2 aromatic rings. The van der Waals surface area contributed by atoms with Crippen LogP contribution in [0.2, 0.25) is 0 Å². The normalized spacial score (nSPS) is 21.2. The van der Waals surface area contributed by atoms with Crippen LogP contribution in [0.25, 0.3) is 11.1 Å². The fourth-order valence-corrected chi connectivity index (χ4v) is 4.21. The van der Waals surface area contributed by atoms with E-state index in [2.05, 4.69) is 39.5 Å². The maximum atomic E-state index is 5.63. The van der Waals surface area contributed by atoms with Crippen LogP contribution in [0.5, 0.6) is 5.75 Å². The Hall–Kier alpha value is -1.04. The van der Waals surface area contributed by atoms with Gasteiger partial charge in [-0.3, -0.25) is 9.88 Å². The molecule has 0 amide bonds. The summed E-state index contributed by atoms with van der Waals surface area (Å²) in [6.07, 6.45) is 7.38. The fraction of sp³-hybridized carbons (Fsp3) is 0.450. The van der Waals surface area contributed by atoms with E-state index in [1.165, 1.54) is 37.1 Å². The number of hydrogen-bond donors (Lipinski definition) is 1. The van der Waals surface area contributed by atoms with Crippen molar-refractivity contribution >= 4 is 37.2 Å². The third kappa shape index (κ3) is 5.27. The Bertz CT molecular complexity index is 702. The first kappa shape index (κ1) is 24.0. The summed E-state index contributed by atoms with van der Waals surface area (Å²) in [6.45, 7) is 3.54. The van der Waals surface area contributed by atoms with Crippen LogP contribution in [0.3, 0.4) is 0 Å². The zero-order valence-electron chi connectivity index (χ0n) is 15.5. The van der Waals surface area contributed by atoms with Gasteiger partial charge >= 0.3 is 0 Å². The van der Waals surface area contributed by atoms with Gasteiger partial charge in [0.15, 0.2) is 0 Å². The summed E-state index contributed by atoms with van der Waals surface area (Å²) < 4.78 is 5.63. The molecule has 2 aliphatic rings. The van der Waals surface area contributed by atoms with E-state index < -0.39 is 0 Å². The quantitative estimate of drug-likeness (QED) is 0.792. The van der Waals surface area contributed by atoms with Gasteiger partial charge in [0.2, 0.25) is 0 Å². The number of ether oxygens (including phenoxy) is 1. The first-order chi connectivity index (χ1) is 11.8. The van der Waals surface area contributed by atoms with Gasteiger partial charge in [-0.1, -0.05) is 12.1 Å². The summed E-state index contributed by atoms with van der Waals surface area (Å²) in [6, 6.07) is 11.8. The van der Waals surface area contributed by atoms with Crippen LogP contribution in [-0.4, -0.2) is 48.7 Å². The lowest BCUT2D eigenvalue weighted by atomic mass is 9.93. The molecule has 1 N–H and O–H groups in total. The lowest BCUT2D eigenvalue weighted by Crippen LogP contribution is -2.55. The molecule has 0 saturated carbocycles. The van der Waals surface area contributed by atoms with Crippen LogP contribution in [0.15, 0.2) is 42.7 Å². The Morgan fingerprint density at radius 3 is 2.74 bits per heavy atom. The lowest BCUT2D eigenvalue weighted by Gasteiger charge is -2.38. The van der Waals surface area contributed by atoms with E-state index in [4.69, 9.17) is 4.74 Å². The number of hydrogen-bond acceptors (Lipinski definition) is 4. The van der Waals surface area contributed by atoms with Gasteiger partial charge < -0.3 is 10.1 Å². The third-order valence-electron chi connectivity index (χ3n) is 5.40. The van der Waals surface area contributed by atoms with E-state index in [9.17, 15) is 0 Å². The highest BCUT2D eigenvalue weighted by Crippen LogP contribution is 2.30. The maximum absolute atomic E-state index is 5.63. The minimum absolute atomic E-state index is 0. The van der Waals surface area contributed by atoms with Crippen molar-refractivity contribution in [2.24, 2.45) is 0 Å². The van der Waals surface area contributed by atoms with Gasteiger partial charge in [-0.05, 0) is 55.1 Å². The van der Waals surface area contributed by atoms with E-state index >= 15 is 0 Å². The second-order valence-corrected chi connectivity index (χ2v) is 6.78. The molecule has 4 nitrogen and oxygen atoms in total. The molecule has 2 fully saturated rings. The molecule has 0 aliphatic carbocycles. The molecule has 1 aromatic carbocycles. The molecule has 7 heteroatoms. The van der Waals surface area contributed by atoms with Crippen LogP contribution in [-0.2, 0) is 6.42 Å². The van der Waals surface area contributed by atoms with Gasteiger partial charge in [-0.25, -0.2) is 0 Å². The molecule has 2 atom stereocenters. The van der Waals surface area contributed by atoms with E-state index in [0.717, 1.165) is 24.3 Å². The number of pyridine rings is 1. The first-order valence-electron chi connectivity index (χ1n) is 8.90. The van der Waals surface area contributed by atoms with Gasteiger partial charge in [-0.15, -0.1) is 37.2 Å². The molecule has 27 heavy (non-hydrogen) atoms. The summed E-state index contributed by atoms with van der Waals surface area (Å²) in [4.78, 5) is 6.89. The van der Waals surface area contributed by atoms with Gasteiger partial charge in [-0.2, -0.15) is 0 Å². The van der Waals surface area contributed by atoms with Gasteiger partial charge in [0, 0.05) is 43.1 Å². The zero-order valence-corrected chi connectivity index (χ0v) is 17.9. The van der Waals surface area contributed by atoms with Crippen LogP contribution in [0.4, 0.5) is 0 Å². The number of rotatable bonds is 4. The molecule has 3 heterocycles. The average Bonchev–Trinajstić information content (AvgIpc) is 3.12. The molecule has 4 rings (SSSR count). The standard InChI is InChI=1S/C20H25N3O.3ClH/c1-24-20-7-6-15(16-4-2-8-21-14-16)12-17(20)13-18-19-5-3-10-23(19)11-9-22-18;;;/h2,4,6-8,12,14,18-19,22H,3,5,9-11,13H2,1H3;3*1H. The second kappa shape index (κ2) is 11.1. The minimum atomic E-state index is 0. The van der Waals surface area contributed by atoms with Crippen molar-refractivity contribution in [3.63, 3.8) is 0 Å². The van der Waals surface area contributed by atoms with E-state index in [0.29, 0.717) is 12.1 Å². The Morgan fingerprint density at radius 2 is 2.00 bits per heavy atom. The predicted molar refractivity (Wildman–Crippen MR) is 118 cm³/mol. The van der Waals surface area contributed by atoms with Crippen molar-refractivity contribution in [2.45, 2.75) is 31.3 Å². The summed E-state index contributed by atoms with van der Waals surface area (Å²) in [5.74, 6) is 0.986.